The predicted octanol–water partition coefficient (Wildman–Crippen LogP) is 1.79. The van der Waals surface area contributed by atoms with E-state index in [1.807, 2.05) is 19.2 Å². The van der Waals surface area contributed by atoms with Crippen LogP contribution >= 0.6 is 12.2 Å². The summed E-state index contributed by atoms with van der Waals surface area (Å²) in [7, 11) is 2.01. The van der Waals surface area contributed by atoms with Crippen LogP contribution in [0, 0.1) is 0 Å². The highest BCUT2D eigenvalue weighted by molar-refractivity contribution is 7.80. The molecule has 2 atom stereocenters. The minimum Gasteiger partial charge on any atom is -0.491 e. The molecule has 0 heterocycles. The fraction of sp³-hybridized carbons (Fsp3) is 0.533. The van der Waals surface area contributed by atoms with Crippen LogP contribution in [0.15, 0.2) is 24.3 Å². The fourth-order valence-electron chi connectivity index (χ4n) is 1.78. The molecule has 0 aromatic heterocycles. The van der Waals surface area contributed by atoms with Crippen molar-refractivity contribution in [1.29, 1.82) is 0 Å². The summed E-state index contributed by atoms with van der Waals surface area (Å²) in [6, 6.07) is 7.69. The second-order valence-electron chi connectivity index (χ2n) is 5.05. The Hall–Kier alpha value is -1.17. The molecule has 0 amide bonds. The largest absolute Gasteiger partial charge is 0.491 e. The third kappa shape index (κ3) is 5.45. The van der Waals surface area contributed by atoms with Crippen LogP contribution in [0.5, 0.6) is 5.75 Å². The number of nitrogens with two attached hydrogens (primary N) is 1. The minimum absolute atomic E-state index is 0.271. The van der Waals surface area contributed by atoms with E-state index in [1.165, 1.54) is 0 Å². The Morgan fingerprint density at radius 2 is 2.00 bits per heavy atom. The summed E-state index contributed by atoms with van der Waals surface area (Å²) in [6.45, 7) is 5.14. The summed E-state index contributed by atoms with van der Waals surface area (Å²) in [5.41, 5.74) is 6.34. The van der Waals surface area contributed by atoms with Crippen molar-refractivity contribution in [3.05, 3.63) is 29.8 Å². The third-order valence-electron chi connectivity index (χ3n) is 3.42. The van der Waals surface area contributed by atoms with Gasteiger partial charge in [0.2, 0.25) is 0 Å². The molecule has 20 heavy (non-hydrogen) atoms. The van der Waals surface area contributed by atoms with Crippen LogP contribution < -0.4 is 10.5 Å². The van der Waals surface area contributed by atoms with E-state index in [-0.39, 0.29) is 6.61 Å². The molecule has 0 aliphatic rings. The number of hydrogen-bond donors (Lipinski definition) is 2. The molecule has 5 heteroatoms. The Balaban J connectivity index is 2.40. The maximum absolute atomic E-state index is 9.96. The lowest BCUT2D eigenvalue weighted by Gasteiger charge is -2.26. The van der Waals surface area contributed by atoms with Crippen LogP contribution in [0.1, 0.15) is 25.8 Å². The smallest absolute Gasteiger partial charge is 0.119 e. The Labute approximate surface area is 126 Å². The van der Waals surface area contributed by atoms with Crippen LogP contribution in [-0.2, 0) is 0 Å². The lowest BCUT2D eigenvalue weighted by atomic mass is 10.2. The van der Waals surface area contributed by atoms with Crippen LogP contribution in [-0.4, -0.2) is 47.3 Å². The van der Waals surface area contributed by atoms with Gasteiger partial charge >= 0.3 is 0 Å². The molecule has 1 aromatic carbocycles. The molecule has 0 aliphatic heterocycles. The molecule has 3 N–H and O–H groups in total. The number of benzene rings is 1. The SMILES string of the molecule is CCC(C)N(C)CC(O)COc1ccc(C(N)=S)cc1. The van der Waals surface area contributed by atoms with Gasteiger partial charge in [0, 0.05) is 18.2 Å². The number of thiocarbonyl (C=S) groups is 1. The molecule has 0 spiro atoms. The Morgan fingerprint density at radius 1 is 1.40 bits per heavy atom. The number of rotatable bonds is 8. The van der Waals surface area contributed by atoms with Crippen molar-refractivity contribution >= 4 is 17.2 Å². The van der Waals surface area contributed by atoms with Crippen molar-refractivity contribution in [3.8, 4) is 5.75 Å². The van der Waals surface area contributed by atoms with Gasteiger partial charge in [-0.15, -0.1) is 0 Å². The summed E-state index contributed by atoms with van der Waals surface area (Å²) < 4.78 is 5.56. The Kier molecular flexibility index (Phi) is 6.91. The van der Waals surface area contributed by atoms with Gasteiger partial charge in [-0.3, -0.25) is 0 Å². The van der Waals surface area contributed by atoms with E-state index < -0.39 is 6.10 Å². The number of nitrogens with zero attached hydrogens (tertiary/aromatic N) is 1. The third-order valence-corrected chi connectivity index (χ3v) is 3.66. The van der Waals surface area contributed by atoms with Crippen molar-refractivity contribution in [2.45, 2.75) is 32.4 Å². The zero-order valence-electron chi connectivity index (χ0n) is 12.4. The van der Waals surface area contributed by atoms with Gasteiger partial charge in [0.15, 0.2) is 0 Å². The number of aliphatic hydroxyl groups is 1. The van der Waals surface area contributed by atoms with Crippen LogP contribution in [0.25, 0.3) is 0 Å². The van der Waals surface area contributed by atoms with Gasteiger partial charge < -0.3 is 20.5 Å². The number of hydrogen-bond acceptors (Lipinski definition) is 4. The maximum atomic E-state index is 9.96. The van der Waals surface area contributed by atoms with Gasteiger partial charge in [0.1, 0.15) is 23.4 Å². The van der Waals surface area contributed by atoms with Gasteiger partial charge in [0.25, 0.3) is 0 Å². The first-order valence-electron chi connectivity index (χ1n) is 6.85. The minimum atomic E-state index is -0.510. The molecular weight excluding hydrogens is 272 g/mol. The second kappa shape index (κ2) is 8.19. The van der Waals surface area contributed by atoms with E-state index in [9.17, 15) is 5.11 Å². The molecule has 112 valence electrons. The van der Waals surface area contributed by atoms with Crippen LogP contribution in [0.3, 0.4) is 0 Å². The molecule has 0 bridgehead atoms. The van der Waals surface area contributed by atoms with Crippen molar-refractivity contribution in [1.82, 2.24) is 4.90 Å². The first kappa shape index (κ1) is 16.9. The normalized spacial score (nSPS) is 14.1. The molecular formula is C15H24N2O2S. The van der Waals surface area contributed by atoms with E-state index in [1.54, 1.807) is 12.1 Å². The predicted molar refractivity (Wildman–Crippen MR) is 86.2 cm³/mol. The molecule has 1 aromatic rings. The zero-order chi connectivity index (χ0) is 15.1. The Bertz CT molecular complexity index is 422. The van der Waals surface area contributed by atoms with Gasteiger partial charge in [-0.2, -0.15) is 0 Å². The van der Waals surface area contributed by atoms with E-state index in [0.29, 0.717) is 23.3 Å². The van der Waals surface area contributed by atoms with Gasteiger partial charge in [-0.05, 0) is 44.7 Å². The summed E-state index contributed by atoms with van der Waals surface area (Å²) in [5.74, 6) is 0.704. The molecule has 0 radical (unpaired) electrons. The average Bonchev–Trinajstić information content (AvgIpc) is 2.44. The quantitative estimate of drug-likeness (QED) is 0.716. The van der Waals surface area contributed by atoms with E-state index in [2.05, 4.69) is 18.7 Å². The van der Waals surface area contributed by atoms with Gasteiger partial charge in [-0.1, -0.05) is 19.1 Å². The summed E-state index contributed by atoms with van der Waals surface area (Å²) >= 11 is 4.89. The first-order valence-corrected chi connectivity index (χ1v) is 7.25. The van der Waals surface area contributed by atoms with Crippen molar-refractivity contribution in [2.75, 3.05) is 20.2 Å². The lowest BCUT2D eigenvalue weighted by Crippen LogP contribution is -2.38. The number of aliphatic hydroxyl groups excluding tert-OH is 1. The highest BCUT2D eigenvalue weighted by Crippen LogP contribution is 2.12. The highest BCUT2D eigenvalue weighted by Gasteiger charge is 2.13. The molecule has 0 saturated carbocycles. The van der Waals surface area contributed by atoms with Crippen molar-refractivity contribution in [3.63, 3.8) is 0 Å². The topological polar surface area (TPSA) is 58.7 Å². The van der Waals surface area contributed by atoms with E-state index >= 15 is 0 Å². The summed E-state index contributed by atoms with van der Waals surface area (Å²) in [4.78, 5) is 2.50. The second-order valence-corrected chi connectivity index (χ2v) is 5.49. The summed E-state index contributed by atoms with van der Waals surface area (Å²) in [6.07, 6.45) is 0.550. The van der Waals surface area contributed by atoms with Crippen LogP contribution in [0.4, 0.5) is 0 Å². The lowest BCUT2D eigenvalue weighted by molar-refractivity contribution is 0.0649. The van der Waals surface area contributed by atoms with E-state index in [4.69, 9.17) is 22.7 Å². The van der Waals surface area contributed by atoms with Crippen LogP contribution in [0.2, 0.25) is 0 Å². The summed E-state index contributed by atoms with van der Waals surface area (Å²) in [5, 5.41) is 9.96. The molecule has 1 rings (SSSR count). The molecule has 0 aliphatic carbocycles. The average molecular weight is 296 g/mol. The molecule has 0 saturated heterocycles. The Morgan fingerprint density at radius 3 is 2.50 bits per heavy atom. The first-order chi connectivity index (χ1) is 9.43. The highest BCUT2D eigenvalue weighted by atomic mass is 32.1. The fourth-order valence-corrected chi connectivity index (χ4v) is 1.92. The molecule has 2 unspecified atom stereocenters. The standard InChI is InChI=1S/C15H24N2O2S/c1-4-11(2)17(3)9-13(18)10-19-14-7-5-12(6-8-14)15(16)20/h5-8,11,13,18H,4,9-10H2,1-3H3,(H2,16,20). The number of ether oxygens (including phenoxy) is 1. The van der Waals surface area contributed by atoms with E-state index in [0.717, 1.165) is 12.0 Å². The van der Waals surface area contributed by atoms with Gasteiger partial charge in [0.05, 0.1) is 0 Å². The van der Waals surface area contributed by atoms with Gasteiger partial charge in [-0.25, -0.2) is 0 Å². The van der Waals surface area contributed by atoms with Crippen molar-refractivity contribution in [2.24, 2.45) is 5.73 Å². The monoisotopic (exact) mass is 296 g/mol. The molecule has 4 nitrogen and oxygen atoms in total. The zero-order valence-corrected chi connectivity index (χ0v) is 13.2. The molecule has 0 fully saturated rings. The number of likely N-dealkylation sites (N-methyl/N-ethyl adjacent to an activating group) is 1. The maximum Gasteiger partial charge on any atom is 0.119 e. The van der Waals surface area contributed by atoms with Crippen molar-refractivity contribution < 1.29 is 9.84 Å².